The number of hydrogen-bond donors (Lipinski definition) is 1. The molecule has 0 unspecified atom stereocenters. The van der Waals surface area contributed by atoms with E-state index < -0.39 is 0 Å². The Kier molecular flexibility index (Phi) is 4.98. The smallest absolute Gasteiger partial charge is 0.226 e. The van der Waals surface area contributed by atoms with Crippen LogP contribution in [-0.2, 0) is 11.2 Å². The van der Waals surface area contributed by atoms with Gasteiger partial charge in [0.05, 0.1) is 12.1 Å². The van der Waals surface area contributed by atoms with Crippen molar-refractivity contribution in [3.8, 4) is 11.3 Å². The van der Waals surface area contributed by atoms with E-state index in [9.17, 15) is 4.79 Å². The van der Waals surface area contributed by atoms with Crippen LogP contribution in [0.4, 0.5) is 0 Å². The van der Waals surface area contributed by atoms with Gasteiger partial charge in [0.25, 0.3) is 0 Å². The summed E-state index contributed by atoms with van der Waals surface area (Å²) >= 11 is 0. The summed E-state index contributed by atoms with van der Waals surface area (Å²) in [6, 6.07) is 11.5. The topological polar surface area (TPSA) is 58.4 Å². The molecule has 118 valence electrons. The molecule has 0 aliphatic carbocycles. The fourth-order valence-corrected chi connectivity index (χ4v) is 1.83. The average molecular weight is 301 g/mol. The summed E-state index contributed by atoms with van der Waals surface area (Å²) in [5.41, 5.74) is 1.50. The first-order valence-corrected chi connectivity index (χ1v) is 7.33. The summed E-state index contributed by atoms with van der Waals surface area (Å²) in [5, 5.41) is 6.91. The summed E-state index contributed by atoms with van der Waals surface area (Å²) in [7, 11) is 3.99. The molecule has 0 saturated heterocycles. The van der Waals surface area contributed by atoms with Crippen molar-refractivity contribution in [1.29, 1.82) is 0 Å². The molecule has 1 aromatic carbocycles. The van der Waals surface area contributed by atoms with Crippen molar-refractivity contribution in [2.45, 2.75) is 25.8 Å². The number of benzene rings is 1. The first-order valence-electron chi connectivity index (χ1n) is 7.33. The van der Waals surface area contributed by atoms with E-state index in [1.165, 1.54) is 0 Å². The molecule has 1 amide bonds. The molecular formula is C17H23N3O2. The van der Waals surface area contributed by atoms with E-state index in [0.717, 1.165) is 5.56 Å². The lowest BCUT2D eigenvalue weighted by molar-refractivity contribution is -0.121. The standard InChI is InChI=1S/C17H23N3O2/c1-17(2,20(3)4)12-18-16(21)11-14-10-15(22-19-14)13-8-6-5-7-9-13/h5-10H,11-12H2,1-4H3,(H,18,21). The van der Waals surface area contributed by atoms with Crippen molar-refractivity contribution in [3.05, 3.63) is 42.1 Å². The Balaban J connectivity index is 1.92. The zero-order chi connectivity index (χ0) is 16.2. The van der Waals surface area contributed by atoms with E-state index in [4.69, 9.17) is 4.52 Å². The Labute approximate surface area is 131 Å². The van der Waals surface area contributed by atoms with Crippen LogP contribution in [0.3, 0.4) is 0 Å². The lowest BCUT2D eigenvalue weighted by Gasteiger charge is -2.32. The summed E-state index contributed by atoms with van der Waals surface area (Å²) in [6.07, 6.45) is 0.222. The highest BCUT2D eigenvalue weighted by Crippen LogP contribution is 2.19. The number of nitrogens with zero attached hydrogens (tertiary/aromatic N) is 2. The van der Waals surface area contributed by atoms with Crippen LogP contribution in [0.25, 0.3) is 11.3 Å². The molecule has 1 heterocycles. The van der Waals surface area contributed by atoms with Crippen LogP contribution in [0, 0.1) is 0 Å². The molecule has 0 fully saturated rings. The first kappa shape index (κ1) is 16.2. The van der Waals surface area contributed by atoms with Gasteiger partial charge in [-0.2, -0.15) is 0 Å². The van der Waals surface area contributed by atoms with E-state index in [-0.39, 0.29) is 17.9 Å². The minimum atomic E-state index is -0.0886. The van der Waals surface area contributed by atoms with Gasteiger partial charge in [-0.15, -0.1) is 0 Å². The highest BCUT2D eigenvalue weighted by Gasteiger charge is 2.21. The second kappa shape index (κ2) is 6.75. The van der Waals surface area contributed by atoms with Gasteiger partial charge in [-0.05, 0) is 27.9 Å². The minimum Gasteiger partial charge on any atom is -0.356 e. The number of hydrogen-bond acceptors (Lipinski definition) is 4. The number of carbonyl (C=O) groups excluding carboxylic acids is 1. The quantitative estimate of drug-likeness (QED) is 0.889. The molecular weight excluding hydrogens is 278 g/mol. The van der Waals surface area contributed by atoms with Gasteiger partial charge in [0.2, 0.25) is 5.91 Å². The van der Waals surface area contributed by atoms with Gasteiger partial charge in [-0.3, -0.25) is 4.79 Å². The molecule has 1 N–H and O–H groups in total. The largest absolute Gasteiger partial charge is 0.356 e. The SMILES string of the molecule is CN(C)C(C)(C)CNC(=O)Cc1cc(-c2ccccc2)on1. The van der Waals surface area contributed by atoms with Gasteiger partial charge >= 0.3 is 0 Å². The molecule has 2 rings (SSSR count). The molecule has 0 aliphatic rings. The predicted molar refractivity (Wildman–Crippen MR) is 86.4 cm³/mol. The van der Waals surface area contributed by atoms with Crippen LogP contribution in [0.5, 0.6) is 0 Å². The van der Waals surface area contributed by atoms with Gasteiger partial charge < -0.3 is 14.7 Å². The average Bonchev–Trinajstić information content (AvgIpc) is 2.94. The zero-order valence-electron chi connectivity index (χ0n) is 13.6. The first-order chi connectivity index (χ1) is 10.4. The van der Waals surface area contributed by atoms with Gasteiger partial charge in [0.1, 0.15) is 0 Å². The van der Waals surface area contributed by atoms with Crippen molar-refractivity contribution >= 4 is 5.91 Å². The molecule has 0 radical (unpaired) electrons. The molecule has 0 aliphatic heterocycles. The molecule has 0 saturated carbocycles. The molecule has 5 nitrogen and oxygen atoms in total. The van der Waals surface area contributed by atoms with Crippen LogP contribution in [0.1, 0.15) is 19.5 Å². The maximum absolute atomic E-state index is 12.0. The fourth-order valence-electron chi connectivity index (χ4n) is 1.83. The van der Waals surface area contributed by atoms with Gasteiger partial charge in [-0.1, -0.05) is 35.5 Å². The lowest BCUT2D eigenvalue weighted by Crippen LogP contribution is -2.48. The maximum Gasteiger partial charge on any atom is 0.226 e. The van der Waals surface area contributed by atoms with Crippen LogP contribution in [-0.4, -0.2) is 42.1 Å². The van der Waals surface area contributed by atoms with Crippen LogP contribution in [0.2, 0.25) is 0 Å². The van der Waals surface area contributed by atoms with Crippen LogP contribution in [0.15, 0.2) is 40.9 Å². The Morgan fingerprint density at radius 3 is 2.59 bits per heavy atom. The second-order valence-corrected chi connectivity index (χ2v) is 6.21. The van der Waals surface area contributed by atoms with E-state index in [0.29, 0.717) is 18.0 Å². The summed E-state index contributed by atoms with van der Waals surface area (Å²) in [5.74, 6) is 0.625. The van der Waals surface area contributed by atoms with Crippen molar-refractivity contribution in [2.75, 3.05) is 20.6 Å². The molecule has 0 bridgehead atoms. The molecule has 2 aromatic rings. The molecule has 0 atom stereocenters. The van der Waals surface area contributed by atoms with E-state index >= 15 is 0 Å². The lowest BCUT2D eigenvalue weighted by atomic mass is 10.0. The third-order valence-corrected chi connectivity index (χ3v) is 3.89. The number of nitrogens with one attached hydrogen (secondary N) is 1. The highest BCUT2D eigenvalue weighted by molar-refractivity contribution is 5.78. The van der Waals surface area contributed by atoms with Gasteiger partial charge in [0, 0.05) is 23.7 Å². The highest BCUT2D eigenvalue weighted by atomic mass is 16.5. The number of rotatable bonds is 6. The number of amides is 1. The summed E-state index contributed by atoms with van der Waals surface area (Å²) < 4.78 is 5.30. The third kappa shape index (κ3) is 4.18. The Morgan fingerprint density at radius 1 is 1.27 bits per heavy atom. The fraction of sp³-hybridized carbons (Fsp3) is 0.412. The van der Waals surface area contributed by atoms with Crippen LogP contribution < -0.4 is 5.32 Å². The minimum absolute atomic E-state index is 0.0529. The monoisotopic (exact) mass is 301 g/mol. The Bertz CT molecular complexity index is 618. The van der Waals surface area contributed by atoms with E-state index in [1.807, 2.05) is 50.5 Å². The predicted octanol–water partition coefficient (Wildman–Crippen LogP) is 2.34. The maximum atomic E-state index is 12.0. The van der Waals surface area contributed by atoms with Crippen LogP contribution >= 0.6 is 0 Å². The zero-order valence-corrected chi connectivity index (χ0v) is 13.6. The van der Waals surface area contributed by atoms with Gasteiger partial charge in [0.15, 0.2) is 5.76 Å². The number of aromatic nitrogens is 1. The second-order valence-electron chi connectivity index (χ2n) is 6.21. The van der Waals surface area contributed by atoms with E-state index in [2.05, 4.69) is 29.2 Å². The number of likely N-dealkylation sites (N-methyl/N-ethyl adjacent to an activating group) is 1. The van der Waals surface area contributed by atoms with Gasteiger partial charge in [-0.25, -0.2) is 0 Å². The number of carbonyl (C=O) groups is 1. The molecule has 5 heteroatoms. The Hall–Kier alpha value is -2.14. The molecule has 22 heavy (non-hydrogen) atoms. The molecule has 0 spiro atoms. The van der Waals surface area contributed by atoms with Crippen molar-refractivity contribution in [3.63, 3.8) is 0 Å². The summed E-state index contributed by atoms with van der Waals surface area (Å²) in [4.78, 5) is 14.1. The van der Waals surface area contributed by atoms with Crippen molar-refractivity contribution in [2.24, 2.45) is 0 Å². The van der Waals surface area contributed by atoms with Crippen molar-refractivity contribution < 1.29 is 9.32 Å². The third-order valence-electron chi connectivity index (χ3n) is 3.89. The Morgan fingerprint density at radius 2 is 1.95 bits per heavy atom. The molecule has 1 aromatic heterocycles. The van der Waals surface area contributed by atoms with E-state index in [1.54, 1.807) is 0 Å². The van der Waals surface area contributed by atoms with Crippen molar-refractivity contribution in [1.82, 2.24) is 15.4 Å². The summed E-state index contributed by atoms with van der Waals surface area (Å²) in [6.45, 7) is 4.75. The normalized spacial score (nSPS) is 11.7.